The van der Waals surface area contributed by atoms with Crippen molar-refractivity contribution in [3.8, 4) is 11.3 Å². The first-order valence-corrected chi connectivity index (χ1v) is 6.08. The van der Waals surface area contributed by atoms with Crippen LogP contribution in [-0.2, 0) is 4.74 Å². The van der Waals surface area contributed by atoms with Crippen LogP contribution in [0.3, 0.4) is 0 Å². The molecule has 0 amide bonds. The molecule has 4 nitrogen and oxygen atoms in total. The lowest BCUT2D eigenvalue weighted by Gasteiger charge is -2.09. The number of nitrogens with zero attached hydrogens (tertiary/aromatic N) is 1. The molecule has 0 radical (unpaired) electrons. The molecule has 0 atom stereocenters. The first-order chi connectivity index (χ1) is 9.04. The van der Waals surface area contributed by atoms with Crippen molar-refractivity contribution in [1.82, 2.24) is 4.98 Å². The van der Waals surface area contributed by atoms with E-state index in [4.69, 9.17) is 28.9 Å². The number of ether oxygens (including phenoxy) is 1. The summed E-state index contributed by atoms with van der Waals surface area (Å²) in [4.78, 5) is 15.5. The summed E-state index contributed by atoms with van der Waals surface area (Å²) in [6, 6.07) is 6.67. The van der Waals surface area contributed by atoms with Gasteiger partial charge in [0.1, 0.15) is 0 Å². The number of halogens is 2. The summed E-state index contributed by atoms with van der Waals surface area (Å²) in [5.74, 6) is -0.497. The van der Waals surface area contributed by atoms with Crippen LogP contribution in [0.2, 0.25) is 10.0 Å². The molecular formula is C13H10Cl2N2O2. The smallest absolute Gasteiger partial charge is 0.339 e. The zero-order valence-corrected chi connectivity index (χ0v) is 11.5. The number of aromatic nitrogens is 1. The van der Waals surface area contributed by atoms with Crippen LogP contribution >= 0.6 is 23.2 Å². The van der Waals surface area contributed by atoms with E-state index in [0.717, 1.165) is 0 Å². The first kappa shape index (κ1) is 13.6. The van der Waals surface area contributed by atoms with Crippen LogP contribution in [-0.4, -0.2) is 18.1 Å². The fourth-order valence-electron chi connectivity index (χ4n) is 1.62. The van der Waals surface area contributed by atoms with Crippen molar-refractivity contribution in [3.63, 3.8) is 0 Å². The number of carbonyl (C=O) groups excluding carboxylic acids is 1. The van der Waals surface area contributed by atoms with Crippen molar-refractivity contribution in [2.24, 2.45) is 0 Å². The lowest BCUT2D eigenvalue weighted by Crippen LogP contribution is -2.04. The number of rotatable bonds is 2. The number of nitrogens with two attached hydrogens (primary N) is 1. The minimum atomic E-state index is -0.497. The zero-order chi connectivity index (χ0) is 14.0. The van der Waals surface area contributed by atoms with E-state index < -0.39 is 5.97 Å². The highest BCUT2D eigenvalue weighted by atomic mass is 35.5. The van der Waals surface area contributed by atoms with Crippen LogP contribution in [0, 0.1) is 0 Å². The molecule has 0 aliphatic rings. The molecule has 2 aromatic rings. The van der Waals surface area contributed by atoms with Crippen LogP contribution < -0.4 is 5.73 Å². The van der Waals surface area contributed by atoms with E-state index in [0.29, 0.717) is 27.0 Å². The zero-order valence-electron chi connectivity index (χ0n) is 9.98. The molecule has 1 aromatic heterocycles. The highest BCUT2D eigenvalue weighted by Gasteiger charge is 2.14. The van der Waals surface area contributed by atoms with Gasteiger partial charge in [0.25, 0.3) is 0 Å². The van der Waals surface area contributed by atoms with Crippen molar-refractivity contribution in [1.29, 1.82) is 0 Å². The highest BCUT2D eigenvalue weighted by Crippen LogP contribution is 2.35. The maximum absolute atomic E-state index is 11.4. The van der Waals surface area contributed by atoms with Gasteiger partial charge in [0.2, 0.25) is 0 Å². The van der Waals surface area contributed by atoms with Gasteiger partial charge in [-0.05, 0) is 12.1 Å². The number of nitrogen functional groups attached to an aromatic ring is 1. The number of hydrogen-bond acceptors (Lipinski definition) is 4. The van der Waals surface area contributed by atoms with Crippen molar-refractivity contribution < 1.29 is 9.53 Å². The molecule has 6 heteroatoms. The lowest BCUT2D eigenvalue weighted by molar-refractivity contribution is 0.0600. The molecule has 2 rings (SSSR count). The van der Waals surface area contributed by atoms with Crippen molar-refractivity contribution in [2.45, 2.75) is 0 Å². The van der Waals surface area contributed by atoms with Gasteiger partial charge < -0.3 is 10.5 Å². The van der Waals surface area contributed by atoms with Crippen LogP contribution in [0.4, 0.5) is 5.69 Å². The Bertz CT molecular complexity index is 645. The molecule has 98 valence electrons. The molecule has 1 aromatic carbocycles. The molecule has 0 fully saturated rings. The molecule has 0 saturated heterocycles. The third-order valence-corrected chi connectivity index (χ3v) is 3.36. The summed E-state index contributed by atoms with van der Waals surface area (Å²) in [6.45, 7) is 0. The average molecular weight is 297 g/mol. The molecule has 2 N–H and O–H groups in total. The highest BCUT2D eigenvalue weighted by molar-refractivity contribution is 6.43. The van der Waals surface area contributed by atoms with Gasteiger partial charge in [0, 0.05) is 11.8 Å². The average Bonchev–Trinajstić information content (AvgIpc) is 2.41. The fourth-order valence-corrected chi connectivity index (χ4v) is 2.01. The van der Waals surface area contributed by atoms with Gasteiger partial charge in [0.05, 0.1) is 34.1 Å². The second-order valence-corrected chi connectivity index (χ2v) is 4.54. The van der Waals surface area contributed by atoms with Gasteiger partial charge in [-0.2, -0.15) is 0 Å². The lowest BCUT2D eigenvalue weighted by atomic mass is 10.1. The number of methoxy groups -OCH3 is 1. The summed E-state index contributed by atoms with van der Waals surface area (Å²) in [5.41, 5.74) is 7.58. The predicted octanol–water partition coefficient (Wildman–Crippen LogP) is 3.42. The van der Waals surface area contributed by atoms with E-state index in [1.54, 1.807) is 18.2 Å². The number of hydrogen-bond donors (Lipinski definition) is 1. The predicted molar refractivity (Wildman–Crippen MR) is 75.4 cm³/mol. The van der Waals surface area contributed by atoms with Crippen LogP contribution in [0.5, 0.6) is 0 Å². The Hall–Kier alpha value is -1.78. The summed E-state index contributed by atoms with van der Waals surface area (Å²) < 4.78 is 4.60. The summed E-state index contributed by atoms with van der Waals surface area (Å²) in [5, 5.41) is 0.784. The topological polar surface area (TPSA) is 65.2 Å². The molecule has 0 spiro atoms. The second-order valence-electron chi connectivity index (χ2n) is 3.75. The van der Waals surface area contributed by atoms with E-state index in [1.165, 1.54) is 19.4 Å². The summed E-state index contributed by atoms with van der Waals surface area (Å²) in [6.07, 6.45) is 1.38. The monoisotopic (exact) mass is 296 g/mol. The SMILES string of the molecule is COC(=O)c1cnc(-c2cccc(Cl)c2Cl)c(N)c1. The molecule has 0 saturated carbocycles. The maximum atomic E-state index is 11.4. The Kier molecular flexibility index (Phi) is 3.93. The van der Waals surface area contributed by atoms with E-state index in [2.05, 4.69) is 9.72 Å². The Morgan fingerprint density at radius 3 is 2.74 bits per heavy atom. The Labute approximate surface area is 120 Å². The number of carbonyl (C=O) groups is 1. The van der Waals surface area contributed by atoms with E-state index >= 15 is 0 Å². The molecular weight excluding hydrogens is 287 g/mol. The minimum absolute atomic E-state index is 0.280. The largest absolute Gasteiger partial charge is 0.465 e. The second kappa shape index (κ2) is 5.47. The quantitative estimate of drug-likeness (QED) is 0.862. The fraction of sp³-hybridized carbons (Fsp3) is 0.0769. The van der Waals surface area contributed by atoms with Gasteiger partial charge in [-0.1, -0.05) is 35.3 Å². The van der Waals surface area contributed by atoms with Crippen molar-refractivity contribution >= 4 is 34.9 Å². The number of pyridine rings is 1. The van der Waals surface area contributed by atoms with Crippen LogP contribution in [0.15, 0.2) is 30.5 Å². The third kappa shape index (κ3) is 2.64. The van der Waals surface area contributed by atoms with Crippen molar-refractivity contribution in [3.05, 3.63) is 46.1 Å². The van der Waals surface area contributed by atoms with E-state index in [1.807, 2.05) is 0 Å². The molecule has 0 bridgehead atoms. The van der Waals surface area contributed by atoms with Gasteiger partial charge in [-0.3, -0.25) is 4.98 Å². The van der Waals surface area contributed by atoms with Gasteiger partial charge >= 0.3 is 5.97 Å². The summed E-state index contributed by atoms with van der Waals surface area (Å²) >= 11 is 12.1. The minimum Gasteiger partial charge on any atom is -0.465 e. The Balaban J connectivity index is 2.52. The maximum Gasteiger partial charge on any atom is 0.339 e. The Morgan fingerprint density at radius 2 is 2.11 bits per heavy atom. The summed E-state index contributed by atoms with van der Waals surface area (Å²) in [7, 11) is 1.29. The molecule has 0 unspecified atom stereocenters. The normalized spacial score (nSPS) is 10.3. The first-order valence-electron chi connectivity index (χ1n) is 5.32. The van der Waals surface area contributed by atoms with Crippen molar-refractivity contribution in [2.75, 3.05) is 12.8 Å². The standard InChI is InChI=1S/C13H10Cl2N2O2/c1-19-13(18)7-5-10(16)12(17-6-7)8-3-2-4-9(14)11(8)15/h2-6H,16H2,1H3. The number of benzene rings is 1. The van der Waals surface area contributed by atoms with Gasteiger partial charge in [-0.25, -0.2) is 4.79 Å². The van der Waals surface area contributed by atoms with Gasteiger partial charge in [0.15, 0.2) is 0 Å². The molecule has 0 aliphatic heterocycles. The molecule has 0 aliphatic carbocycles. The Morgan fingerprint density at radius 1 is 1.37 bits per heavy atom. The third-order valence-electron chi connectivity index (χ3n) is 2.54. The number of anilines is 1. The van der Waals surface area contributed by atoms with Crippen LogP contribution in [0.25, 0.3) is 11.3 Å². The van der Waals surface area contributed by atoms with E-state index in [-0.39, 0.29) is 5.56 Å². The molecule has 1 heterocycles. The van der Waals surface area contributed by atoms with Gasteiger partial charge in [-0.15, -0.1) is 0 Å². The van der Waals surface area contributed by atoms with Crippen LogP contribution in [0.1, 0.15) is 10.4 Å². The van der Waals surface area contributed by atoms with E-state index in [9.17, 15) is 4.79 Å². The number of esters is 1. The molecule has 19 heavy (non-hydrogen) atoms.